The van der Waals surface area contributed by atoms with Crippen molar-refractivity contribution in [1.29, 1.82) is 0 Å². The fraction of sp³-hybridized carbons (Fsp3) is 0.208. The van der Waals surface area contributed by atoms with Gasteiger partial charge in [-0.1, -0.05) is 36.0 Å². The molecular weight excluding hydrogens is 412 g/mol. The summed E-state index contributed by atoms with van der Waals surface area (Å²) in [5.41, 5.74) is 4.01. The Hall–Kier alpha value is -2.41. The molecule has 3 aromatic carbocycles. The van der Waals surface area contributed by atoms with Gasteiger partial charge in [0.25, 0.3) is 0 Å². The first kappa shape index (κ1) is 19.5. The number of aromatic hydroxyl groups is 1. The molecule has 4 nitrogen and oxygen atoms in total. The molecule has 30 heavy (non-hydrogen) atoms. The Balaban J connectivity index is 1.46. The van der Waals surface area contributed by atoms with E-state index < -0.39 is 0 Å². The van der Waals surface area contributed by atoms with Gasteiger partial charge in [-0.15, -0.1) is 11.8 Å². The van der Waals surface area contributed by atoms with Crippen LogP contribution in [0.1, 0.15) is 11.1 Å². The van der Waals surface area contributed by atoms with Crippen LogP contribution in [0.4, 0.5) is 11.4 Å². The number of para-hydroxylation sites is 1. The molecule has 0 saturated heterocycles. The van der Waals surface area contributed by atoms with Crippen LogP contribution in [0.2, 0.25) is 0 Å². The summed E-state index contributed by atoms with van der Waals surface area (Å²) in [6.07, 6.45) is 2.89. The lowest BCUT2D eigenvalue weighted by Gasteiger charge is -2.34. The van der Waals surface area contributed by atoms with Gasteiger partial charge in [0.15, 0.2) is 0 Å². The summed E-state index contributed by atoms with van der Waals surface area (Å²) in [6, 6.07) is 20.1. The second-order valence-electron chi connectivity index (χ2n) is 7.51. The molecule has 0 bridgehead atoms. The van der Waals surface area contributed by atoms with E-state index in [1.807, 2.05) is 29.2 Å². The zero-order chi connectivity index (χ0) is 20.7. The highest BCUT2D eigenvalue weighted by Crippen LogP contribution is 2.49. The maximum Gasteiger partial charge on any atom is 0.245 e. The van der Waals surface area contributed by atoms with Crippen LogP contribution < -0.4 is 4.90 Å². The molecule has 0 unspecified atom stereocenters. The molecule has 0 spiro atoms. The zero-order valence-corrected chi connectivity index (χ0v) is 18.3. The van der Waals surface area contributed by atoms with Gasteiger partial charge < -0.3 is 5.11 Å². The molecule has 0 saturated carbocycles. The molecule has 2 heterocycles. The molecule has 3 aromatic rings. The number of thioether (sulfide) groups is 1. The molecule has 1 amide bonds. The molecule has 2 aliphatic heterocycles. The predicted octanol–water partition coefficient (Wildman–Crippen LogP) is 5.30. The molecule has 1 N–H and O–H groups in total. The number of carbonyl (C=O) groups excluding carboxylic acids is 1. The van der Waals surface area contributed by atoms with E-state index in [1.54, 1.807) is 29.6 Å². The largest absolute Gasteiger partial charge is 0.508 e. The van der Waals surface area contributed by atoms with Crippen LogP contribution in [0, 0.1) is 0 Å². The summed E-state index contributed by atoms with van der Waals surface area (Å²) in [5, 5.41) is 10.2. The summed E-state index contributed by atoms with van der Waals surface area (Å²) < 4.78 is 0. The van der Waals surface area contributed by atoms with Gasteiger partial charge in [0.05, 0.1) is 17.9 Å². The number of fused-ring (bicyclic) bond motifs is 3. The highest BCUT2D eigenvalue weighted by atomic mass is 32.2. The number of phenolic OH excluding ortho intramolecular Hbond substituents is 1. The molecule has 6 heteroatoms. The fourth-order valence-electron chi connectivity index (χ4n) is 4.15. The van der Waals surface area contributed by atoms with E-state index in [0.717, 1.165) is 44.6 Å². The Labute approximate surface area is 184 Å². The van der Waals surface area contributed by atoms with E-state index in [-0.39, 0.29) is 5.91 Å². The molecule has 0 atom stereocenters. The van der Waals surface area contributed by atoms with Gasteiger partial charge in [-0.2, -0.15) is 0 Å². The summed E-state index contributed by atoms with van der Waals surface area (Å²) >= 11 is 3.39. The second kappa shape index (κ2) is 8.02. The van der Waals surface area contributed by atoms with Gasteiger partial charge in [0, 0.05) is 33.3 Å². The Morgan fingerprint density at radius 3 is 2.77 bits per heavy atom. The van der Waals surface area contributed by atoms with Crippen LogP contribution >= 0.6 is 23.5 Å². The van der Waals surface area contributed by atoms with Crippen molar-refractivity contribution in [2.45, 2.75) is 27.7 Å². The lowest BCUT2D eigenvalue weighted by Crippen LogP contribution is -2.41. The standard InChI is InChI=1S/C24H22N2O2S2/c1-29-17-9-10-23-20(13-17)26(19-6-2-3-8-22(19)30-23)24(28)15-25-12-11-16-5-4-7-21(27)18(16)14-25/h2-10,13,27H,11-12,14-15H2,1H3. The van der Waals surface area contributed by atoms with Crippen LogP contribution in [0.5, 0.6) is 5.75 Å². The number of rotatable bonds is 3. The molecule has 0 aliphatic carbocycles. The maximum absolute atomic E-state index is 13.6. The monoisotopic (exact) mass is 434 g/mol. The van der Waals surface area contributed by atoms with Crippen molar-refractivity contribution in [3.05, 3.63) is 71.8 Å². The van der Waals surface area contributed by atoms with E-state index in [9.17, 15) is 9.90 Å². The maximum atomic E-state index is 13.6. The Bertz CT molecular complexity index is 1130. The van der Waals surface area contributed by atoms with Gasteiger partial charge in [-0.25, -0.2) is 0 Å². The minimum Gasteiger partial charge on any atom is -0.508 e. The third-order valence-corrected chi connectivity index (χ3v) is 7.52. The van der Waals surface area contributed by atoms with Crippen molar-refractivity contribution in [2.75, 3.05) is 24.2 Å². The van der Waals surface area contributed by atoms with Crippen LogP contribution in [0.3, 0.4) is 0 Å². The Kier molecular flexibility index (Phi) is 5.23. The highest BCUT2D eigenvalue weighted by molar-refractivity contribution is 8.00. The summed E-state index contributed by atoms with van der Waals surface area (Å²) in [7, 11) is 0. The number of amides is 1. The molecule has 2 aliphatic rings. The number of hydrogen-bond acceptors (Lipinski definition) is 5. The molecule has 5 rings (SSSR count). The predicted molar refractivity (Wildman–Crippen MR) is 123 cm³/mol. The van der Waals surface area contributed by atoms with E-state index in [0.29, 0.717) is 18.8 Å². The molecule has 0 aromatic heterocycles. The van der Waals surface area contributed by atoms with Crippen LogP contribution in [-0.4, -0.2) is 35.3 Å². The van der Waals surface area contributed by atoms with Gasteiger partial charge in [0.2, 0.25) is 5.91 Å². The van der Waals surface area contributed by atoms with E-state index >= 15 is 0 Å². The third-order valence-electron chi connectivity index (χ3n) is 5.67. The molecule has 0 radical (unpaired) electrons. The first-order valence-corrected chi connectivity index (χ1v) is 12.0. The topological polar surface area (TPSA) is 43.8 Å². The van der Waals surface area contributed by atoms with Crippen molar-refractivity contribution in [3.8, 4) is 5.75 Å². The van der Waals surface area contributed by atoms with Crippen LogP contribution in [0.25, 0.3) is 0 Å². The number of nitrogens with zero attached hydrogens (tertiary/aromatic N) is 2. The fourth-order valence-corrected chi connectivity index (χ4v) is 5.62. The third kappa shape index (κ3) is 3.49. The average Bonchev–Trinajstić information content (AvgIpc) is 2.77. The van der Waals surface area contributed by atoms with Gasteiger partial charge in [0.1, 0.15) is 5.75 Å². The van der Waals surface area contributed by atoms with Crippen molar-refractivity contribution in [1.82, 2.24) is 4.90 Å². The molecule has 0 fully saturated rings. The summed E-state index contributed by atoms with van der Waals surface area (Å²) in [6.45, 7) is 1.72. The quantitative estimate of drug-likeness (QED) is 0.567. The smallest absolute Gasteiger partial charge is 0.245 e. The molecular formula is C24H22N2O2S2. The molecule has 152 valence electrons. The average molecular weight is 435 g/mol. The van der Waals surface area contributed by atoms with Crippen molar-refractivity contribution >= 4 is 40.8 Å². The minimum atomic E-state index is 0.0566. The first-order chi connectivity index (χ1) is 14.6. The van der Waals surface area contributed by atoms with Crippen molar-refractivity contribution in [3.63, 3.8) is 0 Å². The summed E-state index contributed by atoms with van der Waals surface area (Å²) in [5.74, 6) is 0.375. The number of anilines is 2. The SMILES string of the molecule is CSc1ccc2c(c1)N(C(=O)CN1CCc3cccc(O)c3C1)c1ccccc1S2. The van der Waals surface area contributed by atoms with Crippen LogP contribution in [-0.2, 0) is 17.8 Å². The Morgan fingerprint density at radius 2 is 1.90 bits per heavy atom. The number of phenols is 1. The van der Waals surface area contributed by atoms with E-state index in [4.69, 9.17) is 0 Å². The normalized spacial score (nSPS) is 15.3. The van der Waals surface area contributed by atoms with Crippen molar-refractivity contribution < 1.29 is 9.90 Å². The van der Waals surface area contributed by atoms with E-state index in [1.165, 1.54) is 5.56 Å². The Morgan fingerprint density at radius 1 is 1.07 bits per heavy atom. The van der Waals surface area contributed by atoms with Gasteiger partial charge >= 0.3 is 0 Å². The lowest BCUT2D eigenvalue weighted by molar-refractivity contribution is -0.119. The lowest BCUT2D eigenvalue weighted by atomic mass is 9.99. The first-order valence-electron chi connectivity index (χ1n) is 9.94. The second-order valence-corrected chi connectivity index (χ2v) is 9.47. The number of hydrogen-bond donors (Lipinski definition) is 1. The highest BCUT2D eigenvalue weighted by Gasteiger charge is 2.30. The number of benzene rings is 3. The summed E-state index contributed by atoms with van der Waals surface area (Å²) in [4.78, 5) is 20.9. The van der Waals surface area contributed by atoms with Crippen molar-refractivity contribution in [2.24, 2.45) is 0 Å². The van der Waals surface area contributed by atoms with Gasteiger partial charge in [-0.05, 0) is 54.6 Å². The zero-order valence-electron chi connectivity index (χ0n) is 16.7. The minimum absolute atomic E-state index is 0.0566. The number of carbonyl (C=O) groups is 1. The van der Waals surface area contributed by atoms with Gasteiger partial charge in [-0.3, -0.25) is 14.6 Å². The van der Waals surface area contributed by atoms with Crippen LogP contribution in [0.15, 0.2) is 75.4 Å². The van der Waals surface area contributed by atoms with E-state index in [2.05, 4.69) is 41.5 Å².